The molecule has 0 aromatic rings. The second kappa shape index (κ2) is 6.45. The van der Waals surface area contributed by atoms with Crippen molar-refractivity contribution in [1.82, 2.24) is 4.90 Å². The lowest BCUT2D eigenvalue weighted by Gasteiger charge is -2.20. The molecule has 0 aliphatic rings. The number of rotatable bonds is 7. The SMILES string of the molecule is CC(CN)CN(C)CCS(=O)(=O)C(C)C. The van der Waals surface area contributed by atoms with E-state index in [1.807, 2.05) is 11.9 Å². The number of sulfone groups is 1. The van der Waals surface area contributed by atoms with Gasteiger partial charge in [-0.25, -0.2) is 8.42 Å². The molecule has 92 valence electrons. The molecule has 0 bridgehead atoms. The van der Waals surface area contributed by atoms with Crippen molar-refractivity contribution < 1.29 is 8.42 Å². The average Bonchev–Trinajstić information content (AvgIpc) is 2.14. The minimum Gasteiger partial charge on any atom is -0.330 e. The van der Waals surface area contributed by atoms with E-state index < -0.39 is 9.84 Å². The van der Waals surface area contributed by atoms with E-state index in [-0.39, 0.29) is 11.0 Å². The van der Waals surface area contributed by atoms with Crippen molar-refractivity contribution in [1.29, 1.82) is 0 Å². The molecule has 0 aromatic carbocycles. The van der Waals surface area contributed by atoms with Gasteiger partial charge in [0.2, 0.25) is 0 Å². The van der Waals surface area contributed by atoms with Gasteiger partial charge >= 0.3 is 0 Å². The summed E-state index contributed by atoms with van der Waals surface area (Å²) in [5, 5.41) is -0.280. The molecule has 0 amide bonds. The molecule has 0 saturated carbocycles. The third-order valence-electron chi connectivity index (χ3n) is 2.50. The smallest absolute Gasteiger partial charge is 0.153 e. The minimum atomic E-state index is -2.91. The number of nitrogens with two attached hydrogens (primary N) is 1. The normalized spacial score (nSPS) is 14.9. The maximum atomic E-state index is 11.5. The highest BCUT2D eigenvalue weighted by atomic mass is 32.2. The van der Waals surface area contributed by atoms with Crippen molar-refractivity contribution in [3.05, 3.63) is 0 Å². The molecule has 2 N–H and O–H groups in total. The van der Waals surface area contributed by atoms with Crippen LogP contribution in [0.1, 0.15) is 20.8 Å². The molecule has 15 heavy (non-hydrogen) atoms. The maximum Gasteiger partial charge on any atom is 0.153 e. The van der Waals surface area contributed by atoms with Gasteiger partial charge in [-0.1, -0.05) is 6.92 Å². The van der Waals surface area contributed by atoms with Crippen LogP contribution in [0.2, 0.25) is 0 Å². The summed E-state index contributed by atoms with van der Waals surface area (Å²) in [5.41, 5.74) is 5.51. The third kappa shape index (κ3) is 6.12. The highest BCUT2D eigenvalue weighted by Crippen LogP contribution is 2.02. The number of nitrogens with zero attached hydrogens (tertiary/aromatic N) is 1. The molecule has 0 heterocycles. The summed E-state index contributed by atoms with van der Waals surface area (Å²) in [6.07, 6.45) is 0. The van der Waals surface area contributed by atoms with E-state index in [0.717, 1.165) is 6.54 Å². The van der Waals surface area contributed by atoms with E-state index in [9.17, 15) is 8.42 Å². The molecule has 0 spiro atoms. The lowest BCUT2D eigenvalue weighted by atomic mass is 10.2. The van der Waals surface area contributed by atoms with Crippen molar-refractivity contribution in [2.45, 2.75) is 26.0 Å². The van der Waals surface area contributed by atoms with Crippen LogP contribution in [0.4, 0.5) is 0 Å². The molecule has 1 unspecified atom stereocenters. The standard InChI is InChI=1S/C10H24N2O2S/c1-9(2)15(13,14)6-5-12(4)8-10(3)7-11/h9-10H,5-8,11H2,1-4H3. The van der Waals surface area contributed by atoms with Crippen molar-refractivity contribution >= 4 is 9.84 Å². The molecule has 0 aliphatic carbocycles. The molecule has 0 radical (unpaired) electrons. The van der Waals surface area contributed by atoms with Gasteiger partial charge in [0.1, 0.15) is 0 Å². The monoisotopic (exact) mass is 236 g/mol. The predicted molar refractivity (Wildman–Crippen MR) is 64.6 cm³/mol. The van der Waals surface area contributed by atoms with Gasteiger partial charge in [-0.05, 0) is 33.4 Å². The first-order valence-electron chi connectivity index (χ1n) is 5.39. The molecule has 4 nitrogen and oxygen atoms in total. The first-order chi connectivity index (χ1) is 6.79. The number of hydrogen-bond acceptors (Lipinski definition) is 4. The summed E-state index contributed by atoms with van der Waals surface area (Å²) >= 11 is 0. The summed E-state index contributed by atoms with van der Waals surface area (Å²) in [5.74, 6) is 0.648. The van der Waals surface area contributed by atoms with Gasteiger partial charge in [0.15, 0.2) is 9.84 Å². The van der Waals surface area contributed by atoms with Gasteiger partial charge in [0, 0.05) is 13.1 Å². The van der Waals surface area contributed by atoms with Gasteiger partial charge in [-0.15, -0.1) is 0 Å². The highest BCUT2D eigenvalue weighted by Gasteiger charge is 2.16. The maximum absolute atomic E-state index is 11.5. The molecular formula is C10H24N2O2S. The molecule has 1 atom stereocenters. The second-order valence-corrected chi connectivity index (χ2v) is 7.20. The summed E-state index contributed by atoms with van der Waals surface area (Å²) in [7, 11) is -0.976. The van der Waals surface area contributed by atoms with E-state index in [4.69, 9.17) is 5.73 Å². The van der Waals surface area contributed by atoms with Crippen LogP contribution in [0, 0.1) is 5.92 Å². The van der Waals surface area contributed by atoms with Crippen LogP contribution in [-0.4, -0.2) is 51.0 Å². The van der Waals surface area contributed by atoms with Gasteiger partial charge in [-0.2, -0.15) is 0 Å². The van der Waals surface area contributed by atoms with Gasteiger partial charge < -0.3 is 10.6 Å². The quantitative estimate of drug-likeness (QED) is 0.692. The van der Waals surface area contributed by atoms with Gasteiger partial charge in [-0.3, -0.25) is 0 Å². The van der Waals surface area contributed by atoms with Gasteiger partial charge in [0.05, 0.1) is 11.0 Å². The van der Waals surface area contributed by atoms with E-state index in [1.54, 1.807) is 13.8 Å². The van der Waals surface area contributed by atoms with Crippen LogP contribution in [0.15, 0.2) is 0 Å². The fourth-order valence-corrected chi connectivity index (χ4v) is 2.25. The zero-order valence-electron chi connectivity index (χ0n) is 10.2. The zero-order valence-corrected chi connectivity index (χ0v) is 11.0. The van der Waals surface area contributed by atoms with Crippen LogP contribution in [-0.2, 0) is 9.84 Å². The lowest BCUT2D eigenvalue weighted by molar-refractivity contribution is 0.303. The first-order valence-corrected chi connectivity index (χ1v) is 7.11. The fourth-order valence-electron chi connectivity index (χ4n) is 1.22. The van der Waals surface area contributed by atoms with Crippen LogP contribution in [0.3, 0.4) is 0 Å². The second-order valence-electron chi connectivity index (χ2n) is 4.52. The Kier molecular flexibility index (Phi) is 6.40. The van der Waals surface area contributed by atoms with Gasteiger partial charge in [0.25, 0.3) is 0 Å². The van der Waals surface area contributed by atoms with Crippen molar-refractivity contribution in [3.8, 4) is 0 Å². The van der Waals surface area contributed by atoms with Crippen LogP contribution in [0.5, 0.6) is 0 Å². The van der Waals surface area contributed by atoms with E-state index in [2.05, 4.69) is 6.92 Å². The molecule has 0 aliphatic heterocycles. The Bertz CT molecular complexity index is 263. The van der Waals surface area contributed by atoms with Crippen LogP contribution >= 0.6 is 0 Å². The molecule has 0 rings (SSSR count). The molecule has 5 heteroatoms. The molecule has 0 saturated heterocycles. The Morgan fingerprint density at radius 2 is 1.80 bits per heavy atom. The summed E-state index contributed by atoms with van der Waals surface area (Å²) in [6, 6.07) is 0. The molecular weight excluding hydrogens is 212 g/mol. The van der Waals surface area contributed by atoms with Crippen molar-refractivity contribution in [2.24, 2.45) is 11.7 Å². The van der Waals surface area contributed by atoms with E-state index in [0.29, 0.717) is 19.0 Å². The van der Waals surface area contributed by atoms with E-state index in [1.165, 1.54) is 0 Å². The zero-order chi connectivity index (χ0) is 12.1. The Hall–Kier alpha value is -0.130. The Morgan fingerprint density at radius 3 is 2.20 bits per heavy atom. The highest BCUT2D eigenvalue weighted by molar-refractivity contribution is 7.92. The molecule has 0 fully saturated rings. The summed E-state index contributed by atoms with van der Waals surface area (Å²) < 4.78 is 23.1. The topological polar surface area (TPSA) is 63.4 Å². The summed E-state index contributed by atoms with van der Waals surface area (Å²) in [6.45, 7) is 7.58. The Balaban J connectivity index is 3.96. The Labute approximate surface area is 93.7 Å². The third-order valence-corrected chi connectivity index (χ3v) is 4.69. The van der Waals surface area contributed by atoms with Crippen molar-refractivity contribution in [2.75, 3.05) is 32.4 Å². The predicted octanol–water partition coefficient (Wildman–Crippen LogP) is 0.336. The average molecular weight is 236 g/mol. The van der Waals surface area contributed by atoms with Crippen LogP contribution in [0.25, 0.3) is 0 Å². The van der Waals surface area contributed by atoms with Crippen molar-refractivity contribution in [3.63, 3.8) is 0 Å². The van der Waals surface area contributed by atoms with E-state index >= 15 is 0 Å². The minimum absolute atomic E-state index is 0.235. The molecule has 0 aromatic heterocycles. The summed E-state index contributed by atoms with van der Waals surface area (Å²) in [4.78, 5) is 2.03. The lowest BCUT2D eigenvalue weighted by Crippen LogP contribution is -2.33. The largest absolute Gasteiger partial charge is 0.330 e. The van der Waals surface area contributed by atoms with Crippen LogP contribution < -0.4 is 5.73 Å². The fraction of sp³-hybridized carbons (Fsp3) is 1.00. The Morgan fingerprint density at radius 1 is 1.27 bits per heavy atom. The number of hydrogen-bond donors (Lipinski definition) is 1. The first kappa shape index (κ1) is 14.9.